The molecule has 0 heterocycles. The third kappa shape index (κ3) is 46.9. The first-order valence-electron chi connectivity index (χ1n) is 23.9. The second kappa shape index (κ2) is 40.8. The minimum atomic E-state index is -1.03. The number of amides is 3. The molecule has 0 aromatic carbocycles. The predicted molar refractivity (Wildman–Crippen MR) is 245 cm³/mol. The van der Waals surface area contributed by atoms with E-state index in [1.54, 1.807) is 20.8 Å². The first-order chi connectivity index (χ1) is 31.0. The lowest BCUT2D eigenvalue weighted by molar-refractivity contribution is -0.159. The van der Waals surface area contributed by atoms with Gasteiger partial charge in [-0.3, -0.25) is 19.2 Å². The first-order valence-corrected chi connectivity index (χ1v) is 23.9. The van der Waals surface area contributed by atoms with Crippen LogP contribution in [0.25, 0.3) is 0 Å². The van der Waals surface area contributed by atoms with Crippen molar-refractivity contribution in [2.45, 2.75) is 174 Å². The van der Waals surface area contributed by atoms with Crippen molar-refractivity contribution in [2.24, 2.45) is 0 Å². The number of ether oxygens (including phenoxy) is 8. The van der Waals surface area contributed by atoms with Gasteiger partial charge in [0.1, 0.15) is 30.5 Å². The summed E-state index contributed by atoms with van der Waals surface area (Å²) in [4.78, 5) is 72.1. The second-order valence-corrected chi connectivity index (χ2v) is 17.9. The number of esters is 2. The van der Waals surface area contributed by atoms with E-state index in [-0.39, 0.29) is 89.3 Å². The van der Waals surface area contributed by atoms with Gasteiger partial charge in [-0.15, -0.1) is 0 Å². The Morgan fingerprint density at radius 3 is 1.26 bits per heavy atom. The number of carboxylic acids is 1. The summed E-state index contributed by atoms with van der Waals surface area (Å²) in [6, 6.07) is -0.924. The van der Waals surface area contributed by atoms with Crippen LogP contribution >= 0.6 is 0 Å². The highest BCUT2D eigenvalue weighted by molar-refractivity contribution is 5.85. The third-order valence-electron chi connectivity index (χ3n) is 9.23. The summed E-state index contributed by atoms with van der Waals surface area (Å²) in [6.45, 7) is 13.9. The Bertz CT molecular complexity index is 1260. The number of nitrogens with one attached hydrogen (secondary N) is 3. The van der Waals surface area contributed by atoms with E-state index < -0.39 is 29.2 Å². The Balaban J connectivity index is 3.91. The Morgan fingerprint density at radius 2 is 0.815 bits per heavy atom. The molecule has 0 fully saturated rings. The van der Waals surface area contributed by atoms with Crippen LogP contribution in [0.5, 0.6) is 0 Å². The van der Waals surface area contributed by atoms with Crippen molar-refractivity contribution < 1.29 is 71.8 Å². The molecule has 65 heavy (non-hydrogen) atoms. The average molecular weight is 934 g/mol. The normalized spacial score (nSPS) is 12.1. The van der Waals surface area contributed by atoms with E-state index in [1.807, 2.05) is 20.8 Å². The van der Waals surface area contributed by atoms with Crippen molar-refractivity contribution >= 4 is 35.6 Å². The molecule has 0 radical (unpaired) electrons. The van der Waals surface area contributed by atoms with Crippen LogP contribution < -0.4 is 16.0 Å². The van der Waals surface area contributed by atoms with Crippen molar-refractivity contribution in [3.05, 3.63) is 0 Å². The van der Waals surface area contributed by atoms with Crippen LogP contribution in [0, 0.1) is 0 Å². The maximum absolute atomic E-state index is 12.9. The number of aliphatic carboxylic acids is 1. The molecule has 18 heteroatoms. The molecule has 0 aromatic heterocycles. The van der Waals surface area contributed by atoms with E-state index in [0.717, 1.165) is 38.5 Å². The Labute approximate surface area is 389 Å². The van der Waals surface area contributed by atoms with Gasteiger partial charge >= 0.3 is 17.9 Å². The molecule has 0 bridgehead atoms. The van der Waals surface area contributed by atoms with Crippen LogP contribution in [0.15, 0.2) is 0 Å². The smallest absolute Gasteiger partial charge is 0.329 e. The summed E-state index contributed by atoms with van der Waals surface area (Å²) in [5, 5.41) is 16.7. The maximum atomic E-state index is 12.9. The van der Waals surface area contributed by atoms with Crippen molar-refractivity contribution in [3.8, 4) is 0 Å². The van der Waals surface area contributed by atoms with Crippen molar-refractivity contribution in [1.82, 2.24) is 16.0 Å². The van der Waals surface area contributed by atoms with Crippen molar-refractivity contribution in [1.29, 1.82) is 0 Å². The van der Waals surface area contributed by atoms with Gasteiger partial charge in [-0.05, 0) is 60.8 Å². The number of carbonyl (C=O) groups excluding carboxylic acids is 5. The molecule has 0 rings (SSSR count). The Morgan fingerprint density at radius 1 is 0.431 bits per heavy atom. The quantitative estimate of drug-likeness (QED) is 0.0431. The maximum Gasteiger partial charge on any atom is 0.329 e. The summed E-state index contributed by atoms with van der Waals surface area (Å²) < 4.78 is 42.5. The molecule has 1 atom stereocenters. The summed E-state index contributed by atoms with van der Waals surface area (Å²) in [7, 11) is 0. The molecule has 18 nitrogen and oxygen atoms in total. The first kappa shape index (κ1) is 61.6. The topological polar surface area (TPSA) is 233 Å². The molecule has 0 aliphatic rings. The van der Waals surface area contributed by atoms with Gasteiger partial charge in [-0.1, -0.05) is 77.0 Å². The number of hydrogen-bond donors (Lipinski definition) is 4. The highest BCUT2D eigenvalue weighted by atomic mass is 16.6. The molecule has 0 aromatic rings. The van der Waals surface area contributed by atoms with Crippen LogP contribution in [-0.2, 0) is 66.7 Å². The fourth-order valence-corrected chi connectivity index (χ4v) is 6.10. The molecule has 0 saturated carbocycles. The molecule has 0 aliphatic carbocycles. The molecular formula is C47H87N3O15. The number of hydrogen-bond acceptors (Lipinski definition) is 14. The zero-order chi connectivity index (χ0) is 48.4. The van der Waals surface area contributed by atoms with Crippen LogP contribution in [0.1, 0.15) is 157 Å². The molecule has 4 N–H and O–H groups in total. The molecule has 3 amide bonds. The monoisotopic (exact) mass is 934 g/mol. The fourth-order valence-electron chi connectivity index (χ4n) is 6.10. The highest BCUT2D eigenvalue weighted by Crippen LogP contribution is 2.16. The largest absolute Gasteiger partial charge is 0.480 e. The minimum Gasteiger partial charge on any atom is -0.480 e. The van der Waals surface area contributed by atoms with E-state index in [0.29, 0.717) is 52.4 Å². The SMILES string of the molecule is CC(C)(C)OC(=O)CCCCCCCCCCCCCCCCC(=O)N[C@@H](CCC(=O)NCCOCCOCCOCC(=O)NCCOCCOCCOCC(=O)O)C(=O)OC(C)(C)C. The highest BCUT2D eigenvalue weighted by Gasteiger charge is 2.27. The molecule has 0 saturated heterocycles. The lowest BCUT2D eigenvalue weighted by atomic mass is 10.0. The van der Waals surface area contributed by atoms with Gasteiger partial charge in [-0.25, -0.2) is 9.59 Å². The molecule has 380 valence electrons. The van der Waals surface area contributed by atoms with Gasteiger partial charge in [-0.2, -0.15) is 0 Å². The molecular weight excluding hydrogens is 847 g/mol. The van der Waals surface area contributed by atoms with Crippen LogP contribution in [-0.4, -0.2) is 150 Å². The third-order valence-corrected chi connectivity index (χ3v) is 9.23. The molecule has 0 aliphatic heterocycles. The van der Waals surface area contributed by atoms with Crippen LogP contribution in [0.3, 0.4) is 0 Å². The van der Waals surface area contributed by atoms with E-state index in [9.17, 15) is 28.8 Å². The zero-order valence-corrected chi connectivity index (χ0v) is 40.9. The van der Waals surface area contributed by atoms with E-state index >= 15 is 0 Å². The Kier molecular flexibility index (Phi) is 38.7. The fraction of sp³-hybridized carbons (Fsp3) is 0.872. The predicted octanol–water partition coefficient (Wildman–Crippen LogP) is 5.59. The average Bonchev–Trinajstić information content (AvgIpc) is 3.21. The van der Waals surface area contributed by atoms with E-state index in [2.05, 4.69) is 16.0 Å². The standard InChI is InChI=1S/C47H87N3O15/c1-46(2,3)64-44(56)22-20-18-16-14-12-10-8-7-9-11-13-15-17-19-21-41(52)50-39(45(57)65-47(4,5)6)23-24-40(51)48-25-27-58-29-31-60-33-35-62-37-42(53)49-26-28-59-30-32-61-34-36-63-38-43(54)55/h39H,7-38H2,1-6H3,(H,48,51)(H,49,53)(H,50,52)(H,54,55)/t39-/m0/s1. The summed E-state index contributed by atoms with van der Waals surface area (Å²) in [6.07, 6.45) is 16.6. The van der Waals surface area contributed by atoms with Gasteiger partial charge in [0.15, 0.2) is 0 Å². The van der Waals surface area contributed by atoms with Gasteiger partial charge in [0.25, 0.3) is 0 Å². The molecule has 0 spiro atoms. The second-order valence-electron chi connectivity index (χ2n) is 17.9. The summed E-state index contributed by atoms with van der Waals surface area (Å²) in [5.74, 6) is -2.47. The summed E-state index contributed by atoms with van der Waals surface area (Å²) in [5.41, 5.74) is -1.15. The van der Waals surface area contributed by atoms with Gasteiger partial charge < -0.3 is 59.0 Å². The summed E-state index contributed by atoms with van der Waals surface area (Å²) >= 11 is 0. The van der Waals surface area contributed by atoms with E-state index in [4.69, 9.17) is 43.0 Å². The van der Waals surface area contributed by atoms with Crippen molar-refractivity contribution in [3.63, 3.8) is 0 Å². The van der Waals surface area contributed by atoms with Gasteiger partial charge in [0.2, 0.25) is 17.7 Å². The number of unbranched alkanes of at least 4 members (excludes halogenated alkanes) is 13. The number of carboxylic acid groups (broad SMARTS) is 1. The molecule has 0 unspecified atom stereocenters. The lowest BCUT2D eigenvalue weighted by Crippen LogP contribution is -2.44. The Hall–Kier alpha value is -3.42. The van der Waals surface area contributed by atoms with Gasteiger partial charge in [0.05, 0.1) is 66.1 Å². The number of carbonyl (C=O) groups is 6. The lowest BCUT2D eigenvalue weighted by Gasteiger charge is -2.24. The zero-order valence-electron chi connectivity index (χ0n) is 40.9. The van der Waals surface area contributed by atoms with Gasteiger partial charge in [0, 0.05) is 32.4 Å². The van der Waals surface area contributed by atoms with Crippen LogP contribution in [0.2, 0.25) is 0 Å². The number of rotatable bonds is 44. The van der Waals surface area contributed by atoms with Crippen LogP contribution in [0.4, 0.5) is 0 Å². The van der Waals surface area contributed by atoms with Crippen molar-refractivity contribution in [2.75, 3.05) is 92.4 Å². The van der Waals surface area contributed by atoms with E-state index in [1.165, 1.54) is 51.4 Å². The minimum absolute atomic E-state index is 0.0301.